The molecule has 1 aromatic rings. The lowest BCUT2D eigenvalue weighted by molar-refractivity contribution is -0.122. The zero-order valence-corrected chi connectivity index (χ0v) is 13.0. The van der Waals surface area contributed by atoms with Crippen molar-refractivity contribution in [3.8, 4) is 5.75 Å². The molecular weight excluding hydrogens is 286 g/mol. The van der Waals surface area contributed by atoms with Crippen molar-refractivity contribution in [1.29, 1.82) is 0 Å². The third kappa shape index (κ3) is 6.01. The van der Waals surface area contributed by atoms with Gasteiger partial charge in [0, 0.05) is 32.4 Å². The number of amides is 2. The normalized spacial score (nSPS) is 10.1. The molecular formula is C15H23N3O4. The van der Waals surface area contributed by atoms with Gasteiger partial charge in [-0.15, -0.1) is 0 Å². The first-order valence-electron chi connectivity index (χ1n) is 7.17. The number of rotatable bonds is 9. The Labute approximate surface area is 130 Å². The topological polar surface area (TPSA) is 103 Å². The van der Waals surface area contributed by atoms with E-state index in [4.69, 9.17) is 15.2 Å². The summed E-state index contributed by atoms with van der Waals surface area (Å²) in [7, 11) is 1.52. The van der Waals surface area contributed by atoms with Crippen LogP contribution in [0.2, 0.25) is 0 Å². The number of carbonyl (C=O) groups is 2. The van der Waals surface area contributed by atoms with E-state index < -0.39 is 0 Å². The molecule has 0 fully saturated rings. The lowest BCUT2D eigenvalue weighted by atomic mass is 10.1. The van der Waals surface area contributed by atoms with Crippen LogP contribution in [-0.2, 0) is 9.53 Å². The number of carbonyl (C=O) groups excluding carboxylic acids is 2. The number of likely N-dealkylation sites (N-methyl/N-ethyl adjacent to an activating group) is 1. The van der Waals surface area contributed by atoms with Crippen LogP contribution in [0.4, 0.5) is 5.69 Å². The fourth-order valence-electron chi connectivity index (χ4n) is 1.64. The van der Waals surface area contributed by atoms with Crippen LogP contribution in [-0.4, -0.2) is 45.2 Å². The van der Waals surface area contributed by atoms with Crippen molar-refractivity contribution in [1.82, 2.24) is 10.6 Å². The Kier molecular flexibility index (Phi) is 7.77. The highest BCUT2D eigenvalue weighted by molar-refractivity contribution is 5.95. The molecule has 0 atom stereocenters. The molecule has 0 bridgehead atoms. The molecule has 0 aliphatic rings. The van der Waals surface area contributed by atoms with Crippen molar-refractivity contribution in [3.05, 3.63) is 23.8 Å². The van der Waals surface area contributed by atoms with Gasteiger partial charge in [-0.1, -0.05) is 0 Å². The van der Waals surface area contributed by atoms with Crippen LogP contribution in [0.1, 0.15) is 23.7 Å². The zero-order valence-electron chi connectivity index (χ0n) is 13.0. The number of ether oxygens (including phenoxy) is 2. The quantitative estimate of drug-likeness (QED) is 0.456. The van der Waals surface area contributed by atoms with Crippen LogP contribution in [0.25, 0.3) is 0 Å². The Hall–Kier alpha value is -2.28. The van der Waals surface area contributed by atoms with Gasteiger partial charge >= 0.3 is 0 Å². The van der Waals surface area contributed by atoms with Crippen molar-refractivity contribution in [3.63, 3.8) is 0 Å². The van der Waals surface area contributed by atoms with Crippen molar-refractivity contribution < 1.29 is 19.1 Å². The molecule has 0 aliphatic carbocycles. The second-order valence-corrected chi connectivity index (χ2v) is 4.52. The summed E-state index contributed by atoms with van der Waals surface area (Å²) >= 11 is 0. The van der Waals surface area contributed by atoms with Crippen LogP contribution in [0.3, 0.4) is 0 Å². The molecule has 0 aromatic heterocycles. The van der Waals surface area contributed by atoms with Crippen LogP contribution < -0.4 is 21.1 Å². The molecule has 122 valence electrons. The molecule has 0 aliphatic heterocycles. The van der Waals surface area contributed by atoms with Gasteiger partial charge in [-0.3, -0.25) is 9.59 Å². The third-order valence-corrected chi connectivity index (χ3v) is 2.87. The predicted octanol–water partition coefficient (Wildman–Crippen LogP) is 0.550. The molecule has 0 heterocycles. The molecule has 7 heteroatoms. The van der Waals surface area contributed by atoms with Crippen LogP contribution >= 0.6 is 0 Å². The average molecular weight is 309 g/mol. The second-order valence-electron chi connectivity index (χ2n) is 4.52. The molecule has 0 spiro atoms. The lowest BCUT2D eigenvalue weighted by Crippen LogP contribution is -2.26. The first kappa shape index (κ1) is 17.8. The van der Waals surface area contributed by atoms with E-state index in [0.29, 0.717) is 36.8 Å². The molecule has 0 saturated carbocycles. The first-order chi connectivity index (χ1) is 10.6. The van der Waals surface area contributed by atoms with E-state index in [-0.39, 0.29) is 18.4 Å². The molecule has 0 radical (unpaired) electrons. The van der Waals surface area contributed by atoms with Gasteiger partial charge in [0.1, 0.15) is 5.75 Å². The van der Waals surface area contributed by atoms with E-state index in [1.807, 2.05) is 6.92 Å². The standard InChI is InChI=1S/C15H23N3O4/c1-3-21-8-4-7-18-15(20)11-5-6-12(16)13(9-11)22-10-14(19)17-2/h5-6,9H,3-4,7-8,10,16H2,1-2H3,(H,17,19)(H,18,20). The highest BCUT2D eigenvalue weighted by Crippen LogP contribution is 2.22. The molecule has 7 nitrogen and oxygen atoms in total. The summed E-state index contributed by atoms with van der Waals surface area (Å²) in [5.41, 5.74) is 6.57. The fraction of sp³-hybridized carbons (Fsp3) is 0.467. The summed E-state index contributed by atoms with van der Waals surface area (Å²) in [5.74, 6) is -0.183. The predicted molar refractivity (Wildman–Crippen MR) is 83.9 cm³/mol. The molecule has 1 aromatic carbocycles. The molecule has 1 rings (SSSR count). The minimum atomic E-state index is -0.273. The Morgan fingerprint density at radius 3 is 2.77 bits per heavy atom. The van der Waals surface area contributed by atoms with Crippen molar-refractivity contribution in [2.75, 3.05) is 39.1 Å². The van der Waals surface area contributed by atoms with E-state index in [9.17, 15) is 9.59 Å². The van der Waals surface area contributed by atoms with Crippen LogP contribution in [0.5, 0.6) is 5.75 Å². The van der Waals surface area contributed by atoms with Gasteiger partial charge in [-0.05, 0) is 31.5 Å². The third-order valence-electron chi connectivity index (χ3n) is 2.87. The van der Waals surface area contributed by atoms with Crippen molar-refractivity contribution >= 4 is 17.5 Å². The van der Waals surface area contributed by atoms with Crippen molar-refractivity contribution in [2.45, 2.75) is 13.3 Å². The maximum atomic E-state index is 12.0. The summed E-state index contributed by atoms with van der Waals surface area (Å²) in [6.07, 6.45) is 0.745. The highest BCUT2D eigenvalue weighted by atomic mass is 16.5. The van der Waals surface area contributed by atoms with Crippen molar-refractivity contribution in [2.24, 2.45) is 0 Å². The van der Waals surface area contributed by atoms with Gasteiger partial charge in [0.15, 0.2) is 6.61 Å². The van der Waals surface area contributed by atoms with E-state index in [1.165, 1.54) is 13.1 Å². The average Bonchev–Trinajstić information content (AvgIpc) is 2.53. The molecule has 22 heavy (non-hydrogen) atoms. The van der Waals surface area contributed by atoms with E-state index in [1.54, 1.807) is 12.1 Å². The summed E-state index contributed by atoms with van der Waals surface area (Å²) in [6, 6.07) is 4.71. The van der Waals surface area contributed by atoms with E-state index in [0.717, 1.165) is 6.42 Å². The van der Waals surface area contributed by atoms with Gasteiger partial charge in [0.25, 0.3) is 11.8 Å². The molecule has 4 N–H and O–H groups in total. The lowest BCUT2D eigenvalue weighted by Gasteiger charge is -2.10. The fourth-order valence-corrected chi connectivity index (χ4v) is 1.64. The minimum Gasteiger partial charge on any atom is -0.482 e. The number of hydrogen-bond donors (Lipinski definition) is 3. The number of nitrogen functional groups attached to an aromatic ring is 1. The Morgan fingerprint density at radius 2 is 2.09 bits per heavy atom. The maximum absolute atomic E-state index is 12.0. The Morgan fingerprint density at radius 1 is 1.32 bits per heavy atom. The Bertz CT molecular complexity index is 506. The van der Waals surface area contributed by atoms with E-state index >= 15 is 0 Å². The van der Waals surface area contributed by atoms with Crippen LogP contribution in [0, 0.1) is 0 Å². The summed E-state index contributed by atoms with van der Waals surface area (Å²) in [6.45, 7) is 3.57. The number of nitrogens with two attached hydrogens (primary N) is 1. The van der Waals surface area contributed by atoms with Gasteiger partial charge in [0.05, 0.1) is 5.69 Å². The SMILES string of the molecule is CCOCCCNC(=O)c1ccc(N)c(OCC(=O)NC)c1. The summed E-state index contributed by atoms with van der Waals surface area (Å²) in [5, 5.41) is 5.23. The number of anilines is 1. The summed E-state index contributed by atoms with van der Waals surface area (Å²) < 4.78 is 10.5. The van der Waals surface area contributed by atoms with Gasteiger partial charge in [-0.2, -0.15) is 0 Å². The number of hydrogen-bond acceptors (Lipinski definition) is 5. The Balaban J connectivity index is 2.55. The first-order valence-corrected chi connectivity index (χ1v) is 7.17. The largest absolute Gasteiger partial charge is 0.482 e. The van der Waals surface area contributed by atoms with Crippen LogP contribution in [0.15, 0.2) is 18.2 Å². The highest BCUT2D eigenvalue weighted by Gasteiger charge is 2.10. The summed E-state index contributed by atoms with van der Waals surface area (Å²) in [4.78, 5) is 23.2. The molecule has 2 amide bonds. The smallest absolute Gasteiger partial charge is 0.257 e. The number of nitrogens with one attached hydrogen (secondary N) is 2. The molecule has 0 unspecified atom stereocenters. The minimum absolute atomic E-state index is 0.153. The molecule has 0 saturated heterocycles. The number of benzene rings is 1. The second kappa shape index (κ2) is 9.62. The van der Waals surface area contributed by atoms with Gasteiger partial charge < -0.3 is 25.8 Å². The van der Waals surface area contributed by atoms with Gasteiger partial charge in [-0.25, -0.2) is 0 Å². The zero-order chi connectivity index (χ0) is 16.4. The monoisotopic (exact) mass is 309 g/mol. The van der Waals surface area contributed by atoms with E-state index in [2.05, 4.69) is 10.6 Å². The maximum Gasteiger partial charge on any atom is 0.257 e. The van der Waals surface area contributed by atoms with Gasteiger partial charge in [0.2, 0.25) is 0 Å².